The van der Waals surface area contributed by atoms with E-state index in [1.54, 1.807) is 18.2 Å². The topological polar surface area (TPSA) is 77.7 Å². The van der Waals surface area contributed by atoms with Crippen LogP contribution in [0.1, 0.15) is 59.2 Å². The first-order chi connectivity index (χ1) is 13.5. The summed E-state index contributed by atoms with van der Waals surface area (Å²) in [6.07, 6.45) is 4.10. The minimum Gasteiger partial charge on any atom is -0.330 e. The average Bonchev–Trinajstić information content (AvgIpc) is 3.22. The Balaban J connectivity index is 1.64. The number of halogens is 1. The van der Waals surface area contributed by atoms with Gasteiger partial charge in [-0.1, -0.05) is 12.8 Å². The lowest BCUT2D eigenvalue weighted by atomic mass is 9.98. The number of hydrogen-bond donors (Lipinski definition) is 2. The van der Waals surface area contributed by atoms with Gasteiger partial charge in [0.1, 0.15) is 11.5 Å². The molecule has 0 unspecified atom stereocenters. The number of carbonyl (C=O) groups excluding carboxylic acids is 1. The van der Waals surface area contributed by atoms with Gasteiger partial charge in [0.2, 0.25) is 0 Å². The molecule has 1 fully saturated rings. The van der Waals surface area contributed by atoms with Crippen LogP contribution in [0, 0.1) is 19.7 Å². The summed E-state index contributed by atoms with van der Waals surface area (Å²) in [5.41, 5.74) is 4.92. The average molecular weight is 381 g/mol. The summed E-state index contributed by atoms with van der Waals surface area (Å²) in [5.74, 6) is -0.360. The summed E-state index contributed by atoms with van der Waals surface area (Å²) in [6, 6.07) is 7.85. The van der Waals surface area contributed by atoms with Crippen LogP contribution in [0.5, 0.6) is 0 Å². The minimum absolute atomic E-state index is 0.00585. The third-order valence-corrected chi connectivity index (χ3v) is 5.48. The van der Waals surface area contributed by atoms with Gasteiger partial charge in [0.25, 0.3) is 5.91 Å². The van der Waals surface area contributed by atoms with Crippen molar-refractivity contribution in [3.63, 3.8) is 0 Å². The molecule has 3 aromatic rings. The predicted octanol–water partition coefficient (Wildman–Crippen LogP) is 4.31. The van der Waals surface area contributed by atoms with Crippen LogP contribution in [0.3, 0.4) is 0 Å². The first-order valence-electron chi connectivity index (χ1n) is 9.68. The largest absolute Gasteiger partial charge is 0.330 e. The third-order valence-electron chi connectivity index (χ3n) is 5.48. The number of rotatable bonds is 3. The highest BCUT2D eigenvalue weighted by Crippen LogP contribution is 2.34. The van der Waals surface area contributed by atoms with E-state index < -0.39 is 0 Å². The number of nitrogens with zero attached hydrogens (tertiary/aromatic N) is 3. The van der Waals surface area contributed by atoms with Gasteiger partial charge in [-0.15, -0.1) is 0 Å². The summed E-state index contributed by atoms with van der Waals surface area (Å²) in [6.45, 7) is 4.69. The number of amides is 1. The Labute approximate surface area is 163 Å². The maximum Gasteiger partial charge on any atom is 0.272 e. The Morgan fingerprint density at radius 3 is 2.61 bits per heavy atom. The molecule has 1 aromatic carbocycles. The number of benzene rings is 1. The fraction of sp³-hybridized carbons (Fsp3) is 0.381. The van der Waals surface area contributed by atoms with E-state index in [2.05, 4.69) is 20.4 Å². The van der Waals surface area contributed by atoms with E-state index in [9.17, 15) is 9.18 Å². The number of H-pyrrole nitrogens is 2. The molecule has 2 N–H and O–H groups in total. The lowest BCUT2D eigenvalue weighted by molar-refractivity contribution is 0.0674. The van der Waals surface area contributed by atoms with E-state index in [-0.39, 0.29) is 17.8 Å². The van der Waals surface area contributed by atoms with Gasteiger partial charge in [-0.2, -0.15) is 10.2 Å². The van der Waals surface area contributed by atoms with E-state index in [0.717, 1.165) is 48.2 Å². The molecule has 0 spiro atoms. The van der Waals surface area contributed by atoms with Crippen molar-refractivity contribution in [2.45, 2.75) is 45.6 Å². The van der Waals surface area contributed by atoms with Crippen molar-refractivity contribution in [1.82, 2.24) is 25.3 Å². The van der Waals surface area contributed by atoms with Crippen LogP contribution in [0.15, 0.2) is 30.3 Å². The molecule has 0 bridgehead atoms. The first kappa shape index (κ1) is 18.4. The summed E-state index contributed by atoms with van der Waals surface area (Å²) < 4.78 is 13.2. The molecule has 1 aliphatic rings. The zero-order chi connectivity index (χ0) is 19.7. The van der Waals surface area contributed by atoms with Crippen molar-refractivity contribution >= 4 is 5.91 Å². The molecule has 4 rings (SSSR count). The monoisotopic (exact) mass is 381 g/mol. The summed E-state index contributed by atoms with van der Waals surface area (Å²) in [5, 5.41) is 14.5. The van der Waals surface area contributed by atoms with Crippen LogP contribution in [0.4, 0.5) is 4.39 Å². The standard InChI is InChI=1S/C21H24FN5O/c1-13-20(14(2)24-23-13)19-6-4-3-5-11-27(19)21(28)18-12-17(25-26-18)15-7-9-16(22)10-8-15/h7-10,12,19H,3-6,11H2,1-2H3,(H,23,24)(H,25,26)/t19-/m1/s1. The summed E-state index contributed by atoms with van der Waals surface area (Å²) in [7, 11) is 0. The fourth-order valence-electron chi connectivity index (χ4n) is 4.06. The quantitative estimate of drug-likeness (QED) is 0.709. The Morgan fingerprint density at radius 2 is 1.89 bits per heavy atom. The molecular weight excluding hydrogens is 357 g/mol. The van der Waals surface area contributed by atoms with E-state index in [1.807, 2.05) is 18.7 Å². The number of carbonyl (C=O) groups is 1. The second-order valence-electron chi connectivity index (χ2n) is 7.39. The number of hydrogen-bond acceptors (Lipinski definition) is 3. The van der Waals surface area contributed by atoms with Crippen LogP contribution >= 0.6 is 0 Å². The molecule has 1 saturated heterocycles. The lowest BCUT2D eigenvalue weighted by Crippen LogP contribution is -2.35. The van der Waals surface area contributed by atoms with Gasteiger partial charge in [-0.3, -0.25) is 15.0 Å². The van der Waals surface area contributed by atoms with Crippen LogP contribution in [-0.4, -0.2) is 37.7 Å². The van der Waals surface area contributed by atoms with Crippen molar-refractivity contribution in [1.29, 1.82) is 0 Å². The number of nitrogens with one attached hydrogen (secondary N) is 2. The van der Waals surface area contributed by atoms with Gasteiger partial charge in [0.15, 0.2) is 0 Å². The highest BCUT2D eigenvalue weighted by Gasteiger charge is 2.31. The first-order valence-corrected chi connectivity index (χ1v) is 9.68. The maximum atomic E-state index is 13.3. The number of aryl methyl sites for hydroxylation is 2. The smallest absolute Gasteiger partial charge is 0.272 e. The molecule has 2 aromatic heterocycles. The van der Waals surface area contributed by atoms with E-state index in [4.69, 9.17) is 0 Å². The molecular formula is C21H24FN5O. The predicted molar refractivity (Wildman–Crippen MR) is 104 cm³/mol. The molecule has 146 valence electrons. The number of aromatic nitrogens is 4. The fourth-order valence-corrected chi connectivity index (χ4v) is 4.06. The molecule has 1 aliphatic heterocycles. The summed E-state index contributed by atoms with van der Waals surface area (Å²) in [4.78, 5) is 15.3. The molecule has 6 nitrogen and oxygen atoms in total. The SMILES string of the molecule is Cc1n[nH]c(C)c1[C@H]1CCCCCN1C(=O)c1cc(-c2ccc(F)cc2)n[nH]1. The third kappa shape index (κ3) is 3.44. The number of aromatic amines is 2. The molecule has 0 aliphatic carbocycles. The van der Waals surface area contributed by atoms with Gasteiger partial charge < -0.3 is 4.90 Å². The minimum atomic E-state index is -0.297. The zero-order valence-corrected chi connectivity index (χ0v) is 16.1. The highest BCUT2D eigenvalue weighted by atomic mass is 19.1. The van der Waals surface area contributed by atoms with Gasteiger partial charge in [0.05, 0.1) is 17.4 Å². The molecule has 3 heterocycles. The molecule has 1 amide bonds. The van der Waals surface area contributed by atoms with Crippen molar-refractivity contribution in [2.24, 2.45) is 0 Å². The Bertz CT molecular complexity index is 956. The molecule has 7 heteroatoms. The van der Waals surface area contributed by atoms with E-state index >= 15 is 0 Å². The van der Waals surface area contributed by atoms with Crippen LogP contribution in [0.2, 0.25) is 0 Å². The van der Waals surface area contributed by atoms with Crippen molar-refractivity contribution in [3.05, 3.63) is 58.8 Å². The highest BCUT2D eigenvalue weighted by molar-refractivity contribution is 5.93. The Hall–Kier alpha value is -2.96. The van der Waals surface area contributed by atoms with Crippen LogP contribution < -0.4 is 0 Å². The summed E-state index contributed by atoms with van der Waals surface area (Å²) >= 11 is 0. The van der Waals surface area contributed by atoms with Gasteiger partial charge >= 0.3 is 0 Å². The Morgan fingerprint density at radius 1 is 1.11 bits per heavy atom. The van der Waals surface area contributed by atoms with Gasteiger partial charge in [-0.05, 0) is 57.0 Å². The van der Waals surface area contributed by atoms with Crippen LogP contribution in [0.25, 0.3) is 11.3 Å². The Kier molecular flexibility index (Phi) is 4.98. The van der Waals surface area contributed by atoms with Crippen molar-refractivity contribution < 1.29 is 9.18 Å². The molecule has 28 heavy (non-hydrogen) atoms. The second-order valence-corrected chi connectivity index (χ2v) is 7.39. The van der Waals surface area contributed by atoms with Gasteiger partial charge in [0, 0.05) is 23.4 Å². The lowest BCUT2D eigenvalue weighted by Gasteiger charge is -2.30. The van der Waals surface area contributed by atoms with E-state index in [0.29, 0.717) is 17.9 Å². The number of likely N-dealkylation sites (tertiary alicyclic amines) is 1. The zero-order valence-electron chi connectivity index (χ0n) is 16.1. The molecule has 0 saturated carbocycles. The molecule has 1 atom stereocenters. The van der Waals surface area contributed by atoms with Crippen molar-refractivity contribution in [3.8, 4) is 11.3 Å². The van der Waals surface area contributed by atoms with Crippen molar-refractivity contribution in [2.75, 3.05) is 6.54 Å². The second kappa shape index (κ2) is 7.58. The van der Waals surface area contributed by atoms with E-state index in [1.165, 1.54) is 12.1 Å². The maximum absolute atomic E-state index is 13.3. The van der Waals surface area contributed by atoms with Crippen LogP contribution in [-0.2, 0) is 0 Å². The normalized spacial score (nSPS) is 17.5. The van der Waals surface area contributed by atoms with Gasteiger partial charge in [-0.25, -0.2) is 4.39 Å². The molecule has 0 radical (unpaired) electrons.